The number of aromatic nitrogens is 4. The van der Waals surface area contributed by atoms with Gasteiger partial charge in [-0.1, -0.05) is 36.8 Å². The van der Waals surface area contributed by atoms with Crippen LogP contribution in [0.3, 0.4) is 0 Å². The molecule has 1 fully saturated rings. The zero-order valence-corrected chi connectivity index (χ0v) is 14.3. The highest BCUT2D eigenvalue weighted by Gasteiger charge is 2.24. The number of hydrogen-bond donors (Lipinski definition) is 0. The van der Waals surface area contributed by atoms with Crippen LogP contribution in [0.2, 0.25) is 0 Å². The van der Waals surface area contributed by atoms with Gasteiger partial charge in [0.1, 0.15) is 0 Å². The molecule has 1 atom stereocenters. The Balaban J connectivity index is 1.40. The Kier molecular flexibility index (Phi) is 4.88. The van der Waals surface area contributed by atoms with Crippen molar-refractivity contribution in [1.29, 1.82) is 0 Å². The molecule has 3 aromatic rings. The second-order valence-electron chi connectivity index (χ2n) is 6.60. The Morgan fingerprint density at radius 2 is 1.92 bits per heavy atom. The Hall–Kier alpha value is -2.47. The molecule has 130 valence electrons. The summed E-state index contributed by atoms with van der Waals surface area (Å²) in [6.07, 6.45) is 8.22. The van der Waals surface area contributed by atoms with Crippen molar-refractivity contribution in [2.45, 2.75) is 44.8 Å². The van der Waals surface area contributed by atoms with Gasteiger partial charge in [0.15, 0.2) is 0 Å². The smallest absolute Gasteiger partial charge is 0.230 e. The van der Waals surface area contributed by atoms with Crippen LogP contribution >= 0.6 is 0 Å². The maximum Gasteiger partial charge on any atom is 0.230 e. The Morgan fingerprint density at radius 3 is 2.76 bits per heavy atom. The number of nitrogens with zero attached hydrogens (tertiary/aromatic N) is 5. The van der Waals surface area contributed by atoms with Crippen molar-refractivity contribution in [3.05, 3.63) is 66.1 Å². The number of hydrogen-bond acceptors (Lipinski definition) is 5. The highest BCUT2D eigenvalue weighted by Crippen LogP contribution is 2.21. The van der Waals surface area contributed by atoms with E-state index >= 15 is 0 Å². The summed E-state index contributed by atoms with van der Waals surface area (Å²) < 4.78 is 7.90. The molecule has 4 rings (SSSR count). The summed E-state index contributed by atoms with van der Waals surface area (Å²) >= 11 is 0. The van der Waals surface area contributed by atoms with E-state index in [0.717, 1.165) is 13.1 Å². The first-order valence-corrected chi connectivity index (χ1v) is 8.93. The van der Waals surface area contributed by atoms with Gasteiger partial charge < -0.3 is 4.42 Å². The Morgan fingerprint density at radius 1 is 1.04 bits per heavy atom. The fourth-order valence-corrected chi connectivity index (χ4v) is 3.47. The van der Waals surface area contributed by atoms with Crippen molar-refractivity contribution < 1.29 is 4.42 Å². The van der Waals surface area contributed by atoms with Crippen LogP contribution < -0.4 is 0 Å². The van der Waals surface area contributed by atoms with E-state index < -0.39 is 0 Å². The third-order valence-corrected chi connectivity index (χ3v) is 4.75. The minimum atomic E-state index is 0.470. The van der Waals surface area contributed by atoms with Gasteiger partial charge in [0.05, 0.1) is 19.5 Å². The fourth-order valence-electron chi connectivity index (χ4n) is 3.47. The lowest BCUT2D eigenvalue weighted by molar-refractivity contribution is 0.110. The van der Waals surface area contributed by atoms with Crippen molar-refractivity contribution in [2.75, 3.05) is 6.54 Å². The van der Waals surface area contributed by atoms with Crippen LogP contribution in [-0.2, 0) is 19.5 Å². The molecule has 0 N–H and O–H groups in total. The third-order valence-electron chi connectivity index (χ3n) is 4.75. The summed E-state index contributed by atoms with van der Waals surface area (Å²) in [6.45, 7) is 2.70. The number of likely N-dealkylation sites (tertiary alicyclic amines) is 1. The maximum atomic E-state index is 5.89. The molecule has 0 saturated carbocycles. The molecule has 6 heteroatoms. The van der Waals surface area contributed by atoms with Crippen LogP contribution in [-0.4, -0.2) is 37.5 Å². The van der Waals surface area contributed by atoms with E-state index in [1.165, 1.54) is 24.8 Å². The molecule has 0 bridgehead atoms. The molecular weight excluding hydrogens is 314 g/mol. The predicted molar refractivity (Wildman–Crippen MR) is 93.8 cm³/mol. The summed E-state index contributed by atoms with van der Waals surface area (Å²) in [5.74, 6) is 1.39. The largest absolute Gasteiger partial charge is 0.424 e. The first-order valence-electron chi connectivity index (χ1n) is 8.93. The van der Waals surface area contributed by atoms with E-state index in [0.29, 0.717) is 30.8 Å². The minimum Gasteiger partial charge on any atom is -0.424 e. The highest BCUT2D eigenvalue weighted by molar-refractivity contribution is 5.17. The third kappa shape index (κ3) is 4.14. The first-order chi connectivity index (χ1) is 12.4. The molecule has 3 heterocycles. The molecule has 25 heavy (non-hydrogen) atoms. The van der Waals surface area contributed by atoms with Crippen molar-refractivity contribution in [3.63, 3.8) is 0 Å². The van der Waals surface area contributed by atoms with E-state index in [9.17, 15) is 0 Å². The van der Waals surface area contributed by atoms with E-state index in [2.05, 4.69) is 32.3 Å². The molecule has 1 saturated heterocycles. The molecule has 0 spiro atoms. The molecule has 0 amide bonds. The zero-order chi connectivity index (χ0) is 16.9. The fraction of sp³-hybridized carbons (Fsp3) is 0.421. The molecule has 0 aliphatic carbocycles. The average Bonchev–Trinajstić information content (AvgIpc) is 3.30. The van der Waals surface area contributed by atoms with Gasteiger partial charge in [0, 0.05) is 18.4 Å². The van der Waals surface area contributed by atoms with Crippen molar-refractivity contribution in [1.82, 2.24) is 24.9 Å². The molecule has 1 unspecified atom stereocenters. The number of rotatable bonds is 6. The maximum absolute atomic E-state index is 5.89. The quantitative estimate of drug-likeness (QED) is 0.692. The van der Waals surface area contributed by atoms with E-state index in [1.807, 2.05) is 41.3 Å². The van der Waals surface area contributed by atoms with Crippen molar-refractivity contribution in [3.8, 4) is 0 Å². The molecule has 0 radical (unpaired) electrons. The molecular formula is C19H23N5O. The van der Waals surface area contributed by atoms with Crippen molar-refractivity contribution in [2.24, 2.45) is 0 Å². The summed E-state index contributed by atoms with van der Waals surface area (Å²) in [5.41, 5.74) is 1.19. The van der Waals surface area contributed by atoms with Gasteiger partial charge in [-0.15, -0.1) is 10.2 Å². The van der Waals surface area contributed by atoms with Gasteiger partial charge in [-0.2, -0.15) is 5.10 Å². The lowest BCUT2D eigenvalue weighted by Crippen LogP contribution is -2.41. The van der Waals surface area contributed by atoms with Crippen LogP contribution in [0.15, 0.2) is 53.2 Å². The highest BCUT2D eigenvalue weighted by atomic mass is 16.4. The van der Waals surface area contributed by atoms with Gasteiger partial charge >= 0.3 is 0 Å². The minimum absolute atomic E-state index is 0.470. The summed E-state index contributed by atoms with van der Waals surface area (Å²) in [7, 11) is 0. The average molecular weight is 337 g/mol. The van der Waals surface area contributed by atoms with Gasteiger partial charge in [-0.25, -0.2) is 0 Å². The summed E-state index contributed by atoms with van der Waals surface area (Å²) in [5, 5.41) is 12.8. The normalized spacial score (nSPS) is 18.5. The van der Waals surface area contributed by atoms with Crippen LogP contribution in [0, 0.1) is 0 Å². The van der Waals surface area contributed by atoms with Crippen LogP contribution in [0.1, 0.15) is 36.6 Å². The van der Waals surface area contributed by atoms with Gasteiger partial charge in [0.2, 0.25) is 11.8 Å². The van der Waals surface area contributed by atoms with Crippen LogP contribution in [0.25, 0.3) is 0 Å². The summed E-state index contributed by atoms with van der Waals surface area (Å²) in [6, 6.07) is 12.7. The molecule has 2 aromatic heterocycles. The second-order valence-corrected chi connectivity index (χ2v) is 6.60. The van der Waals surface area contributed by atoms with Gasteiger partial charge in [0.25, 0.3) is 0 Å². The lowest BCUT2D eigenvalue weighted by atomic mass is 10.0. The van der Waals surface area contributed by atoms with Crippen LogP contribution in [0.5, 0.6) is 0 Å². The number of piperidine rings is 1. The Labute approximate surface area is 147 Å². The standard InChI is InChI=1S/C19H23N5O/c1-2-7-16(8-3-1)13-18-21-22-19(25-18)15-23-11-5-4-9-17(23)14-24-12-6-10-20-24/h1-3,6-8,10,12,17H,4-5,9,11,13-15H2. The zero-order valence-electron chi connectivity index (χ0n) is 14.3. The second kappa shape index (κ2) is 7.61. The van der Waals surface area contributed by atoms with E-state index in [4.69, 9.17) is 4.42 Å². The van der Waals surface area contributed by atoms with E-state index in [1.54, 1.807) is 0 Å². The molecule has 1 aliphatic heterocycles. The first kappa shape index (κ1) is 16.0. The van der Waals surface area contributed by atoms with Crippen LogP contribution in [0.4, 0.5) is 0 Å². The monoisotopic (exact) mass is 337 g/mol. The summed E-state index contributed by atoms with van der Waals surface area (Å²) in [4.78, 5) is 2.45. The molecule has 1 aromatic carbocycles. The number of benzene rings is 1. The molecule has 1 aliphatic rings. The van der Waals surface area contributed by atoms with Crippen molar-refractivity contribution >= 4 is 0 Å². The van der Waals surface area contributed by atoms with Gasteiger partial charge in [-0.05, 0) is 31.0 Å². The molecule has 6 nitrogen and oxygen atoms in total. The van der Waals surface area contributed by atoms with E-state index in [-0.39, 0.29) is 0 Å². The lowest BCUT2D eigenvalue weighted by Gasteiger charge is -2.34. The van der Waals surface area contributed by atoms with Gasteiger partial charge in [-0.3, -0.25) is 9.58 Å². The predicted octanol–water partition coefficient (Wildman–Crippen LogP) is 2.91. The topological polar surface area (TPSA) is 60.0 Å². The Bertz CT molecular complexity index is 768. The SMILES string of the molecule is c1ccc(Cc2nnc(CN3CCCCC3Cn3cccn3)o2)cc1.